The van der Waals surface area contributed by atoms with Gasteiger partial charge in [0.1, 0.15) is 5.75 Å². The van der Waals surface area contributed by atoms with Crippen LogP contribution in [0.5, 0.6) is 17.2 Å². The maximum atomic E-state index is 12.8. The summed E-state index contributed by atoms with van der Waals surface area (Å²) in [5.74, 6) is -3.69. The van der Waals surface area contributed by atoms with E-state index in [0.717, 1.165) is 6.07 Å². The van der Waals surface area contributed by atoms with Crippen molar-refractivity contribution in [2.75, 3.05) is 13.4 Å². The Morgan fingerprint density at radius 1 is 1.10 bits per heavy atom. The Morgan fingerprint density at radius 3 is 2.45 bits per heavy atom. The van der Waals surface area contributed by atoms with Crippen LogP contribution in [-0.4, -0.2) is 30.1 Å². The summed E-state index contributed by atoms with van der Waals surface area (Å²) < 4.78 is 78.9. The number of benzene rings is 1. The molecule has 0 spiro atoms. The standard InChI is InChI=1S/C18H15ClF5NO4/c19-13-8-15-14(28-10-29-15)6-11(13)9-25-4-2-12(7-16(25)26)27-5-1-3-17(20,21)18(22,23)24/h2,4,6-8H,1,3,5,9-10H2. The molecule has 0 amide bonds. The summed E-state index contributed by atoms with van der Waals surface area (Å²) in [4.78, 5) is 12.2. The molecular formula is C18H15ClF5NO4. The van der Waals surface area contributed by atoms with Gasteiger partial charge in [0, 0.05) is 29.8 Å². The Balaban J connectivity index is 1.59. The first-order chi connectivity index (χ1) is 13.6. The molecule has 0 aliphatic carbocycles. The molecule has 158 valence electrons. The van der Waals surface area contributed by atoms with Gasteiger partial charge in [-0.25, -0.2) is 0 Å². The predicted molar refractivity (Wildman–Crippen MR) is 93.1 cm³/mol. The van der Waals surface area contributed by atoms with Crippen molar-refractivity contribution in [3.63, 3.8) is 0 Å². The van der Waals surface area contributed by atoms with Crippen LogP contribution in [0.25, 0.3) is 0 Å². The lowest BCUT2D eigenvalue weighted by Gasteiger charge is -2.19. The molecule has 0 N–H and O–H groups in total. The van der Waals surface area contributed by atoms with E-state index in [1.807, 2.05) is 0 Å². The summed E-state index contributed by atoms with van der Waals surface area (Å²) in [7, 11) is 0. The topological polar surface area (TPSA) is 49.7 Å². The van der Waals surface area contributed by atoms with Gasteiger partial charge in [0.15, 0.2) is 11.5 Å². The molecule has 0 radical (unpaired) electrons. The van der Waals surface area contributed by atoms with E-state index < -0.39 is 30.5 Å². The van der Waals surface area contributed by atoms with Gasteiger partial charge in [-0.1, -0.05) is 11.6 Å². The van der Waals surface area contributed by atoms with Gasteiger partial charge in [0.25, 0.3) is 5.56 Å². The number of nitrogens with zero attached hydrogens (tertiary/aromatic N) is 1. The van der Waals surface area contributed by atoms with Gasteiger partial charge in [0.2, 0.25) is 6.79 Å². The lowest BCUT2D eigenvalue weighted by atomic mass is 10.2. The summed E-state index contributed by atoms with van der Waals surface area (Å²) in [6, 6.07) is 5.76. The lowest BCUT2D eigenvalue weighted by molar-refractivity contribution is -0.284. The highest BCUT2D eigenvalue weighted by molar-refractivity contribution is 6.31. The molecule has 1 aliphatic heterocycles. The maximum absolute atomic E-state index is 12.8. The summed E-state index contributed by atoms with van der Waals surface area (Å²) >= 11 is 6.18. The third-order valence-electron chi connectivity index (χ3n) is 4.17. The minimum absolute atomic E-state index is 0.0679. The van der Waals surface area contributed by atoms with Crippen LogP contribution in [0.4, 0.5) is 22.0 Å². The van der Waals surface area contributed by atoms with Gasteiger partial charge in [-0.2, -0.15) is 22.0 Å². The zero-order valence-corrected chi connectivity index (χ0v) is 15.5. The Kier molecular flexibility index (Phi) is 5.92. The fourth-order valence-corrected chi connectivity index (χ4v) is 2.81. The zero-order chi connectivity index (χ0) is 21.2. The molecule has 1 aromatic heterocycles. The van der Waals surface area contributed by atoms with E-state index in [1.54, 1.807) is 12.1 Å². The molecule has 2 aromatic rings. The number of ether oxygens (including phenoxy) is 3. The molecule has 11 heteroatoms. The van der Waals surface area contributed by atoms with Crippen molar-refractivity contribution >= 4 is 11.6 Å². The van der Waals surface area contributed by atoms with Gasteiger partial charge in [-0.15, -0.1) is 0 Å². The van der Waals surface area contributed by atoms with Gasteiger partial charge < -0.3 is 18.8 Å². The number of alkyl halides is 5. The normalized spacial score (nSPS) is 13.6. The lowest BCUT2D eigenvalue weighted by Crippen LogP contribution is -2.36. The molecule has 0 bridgehead atoms. The Morgan fingerprint density at radius 2 is 1.79 bits per heavy atom. The van der Waals surface area contributed by atoms with Crippen molar-refractivity contribution in [1.82, 2.24) is 4.57 Å². The van der Waals surface area contributed by atoms with Crippen LogP contribution >= 0.6 is 11.6 Å². The third-order valence-corrected chi connectivity index (χ3v) is 4.52. The first kappa shape index (κ1) is 21.2. The van der Waals surface area contributed by atoms with Crippen molar-refractivity contribution in [2.45, 2.75) is 31.5 Å². The number of aromatic nitrogens is 1. The number of pyridine rings is 1. The Hall–Kier alpha value is -2.49. The third kappa shape index (κ3) is 4.92. The largest absolute Gasteiger partial charge is 0.493 e. The van der Waals surface area contributed by atoms with E-state index >= 15 is 0 Å². The number of fused-ring (bicyclic) bond motifs is 1. The molecule has 0 atom stereocenters. The Bertz CT molecular complexity index is 945. The smallest absolute Gasteiger partial charge is 0.453 e. The molecule has 1 aliphatic rings. The number of hydrogen-bond acceptors (Lipinski definition) is 4. The fraction of sp³-hybridized carbons (Fsp3) is 0.389. The van der Waals surface area contributed by atoms with E-state index in [-0.39, 0.29) is 25.7 Å². The van der Waals surface area contributed by atoms with Gasteiger partial charge in [-0.3, -0.25) is 4.79 Å². The van der Waals surface area contributed by atoms with Crippen LogP contribution < -0.4 is 19.8 Å². The average molecular weight is 440 g/mol. The summed E-state index contributed by atoms with van der Waals surface area (Å²) in [5.41, 5.74) is 0.151. The molecule has 0 saturated carbocycles. The highest BCUT2D eigenvalue weighted by atomic mass is 35.5. The summed E-state index contributed by atoms with van der Waals surface area (Å²) in [6.07, 6.45) is -6.11. The van der Waals surface area contributed by atoms with Crippen LogP contribution in [0.1, 0.15) is 18.4 Å². The van der Waals surface area contributed by atoms with Crippen LogP contribution in [-0.2, 0) is 6.54 Å². The highest BCUT2D eigenvalue weighted by Crippen LogP contribution is 2.39. The van der Waals surface area contributed by atoms with Crippen LogP contribution in [0.15, 0.2) is 35.3 Å². The molecule has 1 aromatic carbocycles. The zero-order valence-electron chi connectivity index (χ0n) is 14.8. The predicted octanol–water partition coefficient (Wildman–Crippen LogP) is 4.64. The van der Waals surface area contributed by atoms with Crippen molar-refractivity contribution in [1.29, 1.82) is 0 Å². The van der Waals surface area contributed by atoms with E-state index in [2.05, 4.69) is 0 Å². The van der Waals surface area contributed by atoms with Gasteiger partial charge in [0.05, 0.1) is 13.2 Å². The number of rotatable bonds is 7. The van der Waals surface area contributed by atoms with Gasteiger partial charge in [-0.05, 0) is 24.1 Å². The van der Waals surface area contributed by atoms with Crippen LogP contribution in [0.3, 0.4) is 0 Å². The second-order valence-electron chi connectivity index (χ2n) is 6.28. The molecule has 5 nitrogen and oxygen atoms in total. The molecule has 3 rings (SSSR count). The first-order valence-corrected chi connectivity index (χ1v) is 8.80. The Labute approximate surface area is 166 Å². The van der Waals surface area contributed by atoms with Crippen molar-refractivity contribution in [3.05, 3.63) is 51.4 Å². The van der Waals surface area contributed by atoms with E-state index in [1.165, 1.54) is 16.8 Å². The molecule has 0 fully saturated rings. The van der Waals surface area contributed by atoms with Crippen molar-refractivity contribution in [2.24, 2.45) is 0 Å². The fourth-order valence-electron chi connectivity index (χ4n) is 2.60. The second-order valence-corrected chi connectivity index (χ2v) is 6.69. The highest BCUT2D eigenvalue weighted by Gasteiger charge is 2.56. The summed E-state index contributed by atoms with van der Waals surface area (Å²) in [5, 5.41) is 0.382. The molecule has 0 unspecified atom stereocenters. The minimum atomic E-state index is -5.59. The van der Waals surface area contributed by atoms with Crippen molar-refractivity contribution in [3.8, 4) is 17.2 Å². The van der Waals surface area contributed by atoms with Crippen molar-refractivity contribution < 1.29 is 36.2 Å². The number of hydrogen-bond donors (Lipinski definition) is 0. The SMILES string of the molecule is O=c1cc(OCCCC(F)(F)C(F)(F)F)ccn1Cc1cc2c(cc1Cl)OCO2. The first-order valence-electron chi connectivity index (χ1n) is 8.43. The van der Waals surface area contributed by atoms with E-state index in [4.69, 9.17) is 25.8 Å². The molecule has 0 saturated heterocycles. The monoisotopic (exact) mass is 439 g/mol. The molecule has 2 heterocycles. The van der Waals surface area contributed by atoms with Crippen LogP contribution in [0, 0.1) is 0 Å². The van der Waals surface area contributed by atoms with E-state index in [9.17, 15) is 26.7 Å². The minimum Gasteiger partial charge on any atom is -0.493 e. The average Bonchev–Trinajstić information content (AvgIpc) is 3.07. The second kappa shape index (κ2) is 8.10. The van der Waals surface area contributed by atoms with Crippen LogP contribution in [0.2, 0.25) is 5.02 Å². The van der Waals surface area contributed by atoms with E-state index in [0.29, 0.717) is 22.1 Å². The molecule has 29 heavy (non-hydrogen) atoms. The maximum Gasteiger partial charge on any atom is 0.453 e. The van der Waals surface area contributed by atoms with Gasteiger partial charge >= 0.3 is 12.1 Å². The summed E-state index contributed by atoms with van der Waals surface area (Å²) in [6.45, 7) is -0.175. The number of halogens is 6. The molecular weight excluding hydrogens is 425 g/mol. The quantitative estimate of drug-likeness (QED) is 0.466.